The summed E-state index contributed by atoms with van der Waals surface area (Å²) in [6.07, 6.45) is 4.03. The number of aromatic carboxylic acids is 1. The molecule has 0 aliphatic rings. The van der Waals surface area contributed by atoms with Gasteiger partial charge in [-0.1, -0.05) is 0 Å². The number of carbonyl (C=O) groups excluding carboxylic acids is 1. The van der Waals surface area contributed by atoms with Crippen molar-refractivity contribution in [2.24, 2.45) is 0 Å². The van der Waals surface area contributed by atoms with Crippen LogP contribution in [0.4, 0.5) is 5.82 Å². The zero-order valence-electron chi connectivity index (χ0n) is 10.9. The van der Waals surface area contributed by atoms with E-state index in [-0.39, 0.29) is 17.4 Å². The van der Waals surface area contributed by atoms with Crippen molar-refractivity contribution in [3.63, 3.8) is 0 Å². The van der Waals surface area contributed by atoms with Crippen LogP contribution >= 0.6 is 0 Å². The fourth-order valence-electron chi connectivity index (χ4n) is 1.66. The quantitative estimate of drug-likeness (QED) is 0.867. The summed E-state index contributed by atoms with van der Waals surface area (Å²) in [5.74, 6) is -1.48. The van der Waals surface area contributed by atoms with Crippen molar-refractivity contribution in [1.29, 1.82) is 0 Å². The summed E-state index contributed by atoms with van der Waals surface area (Å²) < 4.78 is 1.61. The molecule has 0 unspecified atom stereocenters. The van der Waals surface area contributed by atoms with Crippen LogP contribution < -0.4 is 5.32 Å². The first kappa shape index (κ1) is 13.7. The average Bonchev–Trinajstić information content (AvgIpc) is 2.87. The predicted octanol–water partition coefficient (Wildman–Crippen LogP) is 1.20. The Balaban J connectivity index is 2.29. The molecule has 0 spiro atoms. The molecule has 0 aliphatic carbocycles. The molecule has 2 aromatic rings. The van der Waals surface area contributed by atoms with E-state index in [9.17, 15) is 9.59 Å². The molecule has 0 saturated carbocycles. The van der Waals surface area contributed by atoms with Gasteiger partial charge in [-0.25, -0.2) is 19.4 Å². The minimum Gasteiger partial charge on any atom is -0.476 e. The Bertz CT molecular complexity index is 650. The highest BCUT2D eigenvalue weighted by Crippen LogP contribution is 2.14. The molecule has 0 aliphatic heterocycles. The summed E-state index contributed by atoms with van der Waals surface area (Å²) in [4.78, 5) is 30.5. The molecule has 8 nitrogen and oxygen atoms in total. The highest BCUT2D eigenvalue weighted by Gasteiger charge is 2.20. The summed E-state index contributed by atoms with van der Waals surface area (Å²) >= 11 is 0. The van der Waals surface area contributed by atoms with Crippen LogP contribution in [-0.2, 0) is 0 Å². The Morgan fingerprint density at radius 3 is 2.45 bits per heavy atom. The van der Waals surface area contributed by atoms with E-state index in [0.29, 0.717) is 5.82 Å². The maximum Gasteiger partial charge on any atom is 0.356 e. The minimum absolute atomic E-state index is 0.0566. The third-order valence-electron chi connectivity index (χ3n) is 2.52. The SMILES string of the molecule is CC(C)n1nccc1NC(=O)c1nccnc1C(=O)O. The summed E-state index contributed by atoms with van der Waals surface area (Å²) in [5, 5.41) is 15.6. The molecule has 1 amide bonds. The van der Waals surface area contributed by atoms with Gasteiger partial charge in [0, 0.05) is 24.5 Å². The Morgan fingerprint density at radius 2 is 1.85 bits per heavy atom. The highest BCUT2D eigenvalue weighted by atomic mass is 16.4. The molecule has 2 heterocycles. The van der Waals surface area contributed by atoms with Gasteiger partial charge in [-0.05, 0) is 13.8 Å². The summed E-state index contributed by atoms with van der Waals surface area (Å²) in [6, 6.07) is 1.68. The molecule has 8 heteroatoms. The van der Waals surface area contributed by atoms with Crippen molar-refractivity contribution in [1.82, 2.24) is 19.7 Å². The van der Waals surface area contributed by atoms with Gasteiger partial charge in [0.25, 0.3) is 5.91 Å². The van der Waals surface area contributed by atoms with E-state index in [1.807, 2.05) is 13.8 Å². The number of carboxylic acid groups (broad SMARTS) is 1. The van der Waals surface area contributed by atoms with E-state index in [1.165, 1.54) is 12.4 Å². The lowest BCUT2D eigenvalue weighted by Crippen LogP contribution is -2.21. The molecule has 0 saturated heterocycles. The molecule has 0 atom stereocenters. The first-order valence-electron chi connectivity index (χ1n) is 5.90. The van der Waals surface area contributed by atoms with E-state index >= 15 is 0 Å². The molecule has 2 rings (SSSR count). The van der Waals surface area contributed by atoms with Gasteiger partial charge < -0.3 is 10.4 Å². The van der Waals surface area contributed by atoms with Crippen LogP contribution in [0, 0.1) is 0 Å². The molecular formula is C12H13N5O3. The van der Waals surface area contributed by atoms with Gasteiger partial charge in [0.15, 0.2) is 11.4 Å². The third-order valence-corrected chi connectivity index (χ3v) is 2.52. The molecule has 0 bridgehead atoms. The maximum atomic E-state index is 12.1. The Morgan fingerprint density at radius 1 is 1.20 bits per heavy atom. The minimum atomic E-state index is -1.30. The van der Waals surface area contributed by atoms with E-state index in [0.717, 1.165) is 0 Å². The van der Waals surface area contributed by atoms with Gasteiger partial charge in [-0.3, -0.25) is 4.79 Å². The number of amides is 1. The zero-order chi connectivity index (χ0) is 14.7. The van der Waals surface area contributed by atoms with Crippen LogP contribution in [0.1, 0.15) is 40.9 Å². The molecular weight excluding hydrogens is 262 g/mol. The summed E-state index contributed by atoms with van der Waals surface area (Å²) in [7, 11) is 0. The Hall–Kier alpha value is -2.77. The monoisotopic (exact) mass is 275 g/mol. The topological polar surface area (TPSA) is 110 Å². The molecule has 0 radical (unpaired) electrons. The first-order valence-corrected chi connectivity index (χ1v) is 5.90. The van der Waals surface area contributed by atoms with Crippen molar-refractivity contribution >= 4 is 17.7 Å². The smallest absolute Gasteiger partial charge is 0.356 e. The zero-order valence-corrected chi connectivity index (χ0v) is 10.9. The van der Waals surface area contributed by atoms with Crippen molar-refractivity contribution < 1.29 is 14.7 Å². The van der Waals surface area contributed by atoms with Crippen LogP contribution in [0.3, 0.4) is 0 Å². The van der Waals surface area contributed by atoms with Gasteiger partial charge in [-0.15, -0.1) is 0 Å². The average molecular weight is 275 g/mol. The Kier molecular flexibility index (Phi) is 3.74. The van der Waals surface area contributed by atoms with Crippen molar-refractivity contribution in [3.8, 4) is 0 Å². The second-order valence-corrected chi connectivity index (χ2v) is 4.27. The van der Waals surface area contributed by atoms with Crippen LogP contribution in [0.5, 0.6) is 0 Å². The number of anilines is 1. The molecule has 0 aromatic carbocycles. The largest absolute Gasteiger partial charge is 0.476 e. The molecule has 104 valence electrons. The number of nitrogens with one attached hydrogen (secondary N) is 1. The van der Waals surface area contributed by atoms with E-state index in [1.54, 1.807) is 16.9 Å². The van der Waals surface area contributed by atoms with Crippen LogP contribution in [0.25, 0.3) is 0 Å². The van der Waals surface area contributed by atoms with Crippen LogP contribution in [-0.4, -0.2) is 36.7 Å². The normalized spacial score (nSPS) is 10.6. The number of nitrogens with zero attached hydrogens (tertiary/aromatic N) is 4. The van der Waals surface area contributed by atoms with Gasteiger partial charge >= 0.3 is 5.97 Å². The molecule has 20 heavy (non-hydrogen) atoms. The number of hydrogen-bond donors (Lipinski definition) is 2. The van der Waals surface area contributed by atoms with Crippen molar-refractivity contribution in [3.05, 3.63) is 36.0 Å². The van der Waals surface area contributed by atoms with Crippen LogP contribution in [0.15, 0.2) is 24.7 Å². The standard InChI is InChI=1S/C12H13N5O3/c1-7(2)17-8(3-4-15-17)16-11(18)9-10(12(19)20)14-6-5-13-9/h3-7H,1-2H3,(H,16,18)(H,19,20). The second-order valence-electron chi connectivity index (χ2n) is 4.27. The second kappa shape index (κ2) is 5.47. The lowest BCUT2D eigenvalue weighted by atomic mass is 10.3. The number of rotatable bonds is 4. The molecule has 0 fully saturated rings. The predicted molar refractivity (Wildman–Crippen MR) is 69.6 cm³/mol. The lowest BCUT2D eigenvalue weighted by Gasteiger charge is -2.11. The van der Waals surface area contributed by atoms with Crippen molar-refractivity contribution in [2.45, 2.75) is 19.9 Å². The van der Waals surface area contributed by atoms with Gasteiger partial charge in [0.05, 0.1) is 6.20 Å². The van der Waals surface area contributed by atoms with Gasteiger partial charge in [0.1, 0.15) is 5.82 Å². The molecule has 2 N–H and O–H groups in total. The van der Waals surface area contributed by atoms with E-state index < -0.39 is 11.9 Å². The maximum absolute atomic E-state index is 12.1. The van der Waals surface area contributed by atoms with E-state index in [4.69, 9.17) is 5.11 Å². The lowest BCUT2D eigenvalue weighted by molar-refractivity contribution is 0.0685. The van der Waals surface area contributed by atoms with E-state index in [2.05, 4.69) is 20.4 Å². The fraction of sp³-hybridized carbons (Fsp3) is 0.250. The fourth-order valence-corrected chi connectivity index (χ4v) is 1.66. The molecule has 2 aromatic heterocycles. The van der Waals surface area contributed by atoms with Crippen molar-refractivity contribution in [2.75, 3.05) is 5.32 Å². The Labute approximate surface area is 114 Å². The van der Waals surface area contributed by atoms with Gasteiger partial charge in [0.2, 0.25) is 0 Å². The number of aromatic nitrogens is 4. The van der Waals surface area contributed by atoms with Gasteiger partial charge in [-0.2, -0.15) is 5.10 Å². The highest BCUT2D eigenvalue weighted by molar-refractivity contribution is 6.08. The number of hydrogen-bond acceptors (Lipinski definition) is 5. The van der Waals surface area contributed by atoms with Crippen LogP contribution in [0.2, 0.25) is 0 Å². The summed E-state index contributed by atoms with van der Waals surface area (Å²) in [6.45, 7) is 3.82. The first-order chi connectivity index (χ1) is 9.50. The number of carbonyl (C=O) groups is 2. The summed E-state index contributed by atoms with van der Waals surface area (Å²) in [5.41, 5.74) is -0.628. The third kappa shape index (κ3) is 2.63. The number of carboxylic acids is 1.